The molecular weight excluding hydrogens is 302 g/mol. The van der Waals surface area contributed by atoms with Gasteiger partial charge in [-0.15, -0.1) is 0 Å². The van der Waals surface area contributed by atoms with Crippen molar-refractivity contribution in [2.45, 2.75) is 72.8 Å². The summed E-state index contributed by atoms with van der Waals surface area (Å²) in [5.41, 5.74) is 3.05. The van der Waals surface area contributed by atoms with E-state index in [1.54, 1.807) is 4.52 Å². The summed E-state index contributed by atoms with van der Waals surface area (Å²) < 4.78 is 1.75. The normalized spacial score (nSPS) is 12.5. The van der Waals surface area contributed by atoms with Gasteiger partial charge in [-0.1, -0.05) is 20.3 Å². The topological polar surface area (TPSA) is 63.4 Å². The standard InChI is InChI=1S/C18H29N5O/c1-6-8-11-22(13(3)7-2)17(24)10-9-16-14(4)21-18-19-12-20-23(18)15(16)5/h12-13H,6-11H2,1-5H3. The first-order valence-electron chi connectivity index (χ1n) is 8.94. The quantitative estimate of drug-likeness (QED) is 0.745. The second-order valence-corrected chi connectivity index (χ2v) is 6.43. The lowest BCUT2D eigenvalue weighted by Gasteiger charge is -2.29. The van der Waals surface area contributed by atoms with E-state index in [0.717, 1.165) is 42.8 Å². The van der Waals surface area contributed by atoms with Gasteiger partial charge in [0.05, 0.1) is 0 Å². The van der Waals surface area contributed by atoms with Crippen LogP contribution in [-0.2, 0) is 11.2 Å². The van der Waals surface area contributed by atoms with Crippen LogP contribution in [0.3, 0.4) is 0 Å². The fraction of sp³-hybridized carbons (Fsp3) is 0.667. The lowest BCUT2D eigenvalue weighted by molar-refractivity contribution is -0.133. The van der Waals surface area contributed by atoms with E-state index in [4.69, 9.17) is 0 Å². The minimum Gasteiger partial charge on any atom is -0.340 e. The molecule has 0 aliphatic carbocycles. The number of fused-ring (bicyclic) bond motifs is 1. The predicted octanol–water partition coefficient (Wildman–Crippen LogP) is 3.10. The van der Waals surface area contributed by atoms with Crippen molar-refractivity contribution < 1.29 is 4.79 Å². The van der Waals surface area contributed by atoms with Crippen LogP contribution < -0.4 is 0 Å². The van der Waals surface area contributed by atoms with Crippen LogP contribution in [0, 0.1) is 13.8 Å². The molecule has 6 nitrogen and oxygen atoms in total. The molecule has 0 aromatic carbocycles. The summed E-state index contributed by atoms with van der Waals surface area (Å²) in [5, 5.41) is 4.21. The smallest absolute Gasteiger partial charge is 0.252 e. The molecule has 2 rings (SSSR count). The van der Waals surface area contributed by atoms with Crippen molar-refractivity contribution in [3.8, 4) is 0 Å². The zero-order valence-corrected chi connectivity index (χ0v) is 15.5. The fourth-order valence-corrected chi connectivity index (χ4v) is 3.03. The Morgan fingerprint density at radius 1 is 1.33 bits per heavy atom. The van der Waals surface area contributed by atoms with Crippen LogP contribution >= 0.6 is 0 Å². The van der Waals surface area contributed by atoms with E-state index < -0.39 is 0 Å². The van der Waals surface area contributed by atoms with E-state index in [-0.39, 0.29) is 5.91 Å². The van der Waals surface area contributed by atoms with Gasteiger partial charge >= 0.3 is 0 Å². The van der Waals surface area contributed by atoms with E-state index in [1.807, 2.05) is 18.7 Å². The van der Waals surface area contributed by atoms with Crippen LogP contribution in [0.2, 0.25) is 0 Å². The summed E-state index contributed by atoms with van der Waals surface area (Å²) in [6, 6.07) is 0.294. The Bertz CT molecular complexity index is 694. The number of aromatic nitrogens is 4. The Morgan fingerprint density at radius 3 is 2.75 bits per heavy atom. The van der Waals surface area contributed by atoms with Gasteiger partial charge < -0.3 is 4.90 Å². The van der Waals surface area contributed by atoms with Gasteiger partial charge in [-0.2, -0.15) is 10.1 Å². The summed E-state index contributed by atoms with van der Waals surface area (Å²) in [5.74, 6) is 0.847. The van der Waals surface area contributed by atoms with Gasteiger partial charge in [0, 0.05) is 30.4 Å². The predicted molar refractivity (Wildman–Crippen MR) is 95.0 cm³/mol. The van der Waals surface area contributed by atoms with Crippen LogP contribution in [0.5, 0.6) is 0 Å². The molecule has 0 saturated heterocycles. The highest BCUT2D eigenvalue weighted by atomic mass is 16.2. The zero-order chi connectivity index (χ0) is 17.7. The molecule has 0 spiro atoms. The molecular formula is C18H29N5O. The van der Waals surface area contributed by atoms with Gasteiger partial charge in [0.25, 0.3) is 5.78 Å². The third kappa shape index (κ3) is 3.91. The largest absolute Gasteiger partial charge is 0.340 e. The molecule has 0 N–H and O–H groups in total. The van der Waals surface area contributed by atoms with Crippen LogP contribution in [-0.4, -0.2) is 43.0 Å². The van der Waals surface area contributed by atoms with Crippen molar-refractivity contribution in [2.75, 3.05) is 6.54 Å². The third-order valence-corrected chi connectivity index (χ3v) is 4.77. The molecule has 24 heavy (non-hydrogen) atoms. The van der Waals surface area contributed by atoms with Crippen molar-refractivity contribution in [1.82, 2.24) is 24.5 Å². The monoisotopic (exact) mass is 331 g/mol. The van der Waals surface area contributed by atoms with E-state index >= 15 is 0 Å². The molecule has 132 valence electrons. The first kappa shape index (κ1) is 18.4. The molecule has 2 heterocycles. The maximum atomic E-state index is 12.7. The molecule has 2 aromatic rings. The Labute approximate surface area is 144 Å². The summed E-state index contributed by atoms with van der Waals surface area (Å²) in [7, 11) is 0. The highest BCUT2D eigenvalue weighted by Gasteiger charge is 2.19. The van der Waals surface area contributed by atoms with Crippen LogP contribution in [0.1, 0.15) is 63.4 Å². The third-order valence-electron chi connectivity index (χ3n) is 4.77. The maximum Gasteiger partial charge on any atom is 0.252 e. The molecule has 2 aromatic heterocycles. The summed E-state index contributed by atoms with van der Waals surface area (Å²) in [4.78, 5) is 23.4. The van der Waals surface area contributed by atoms with Gasteiger partial charge in [-0.3, -0.25) is 4.79 Å². The Morgan fingerprint density at radius 2 is 2.08 bits per heavy atom. The summed E-state index contributed by atoms with van der Waals surface area (Å²) >= 11 is 0. The highest BCUT2D eigenvalue weighted by Crippen LogP contribution is 2.16. The lowest BCUT2D eigenvalue weighted by Crippen LogP contribution is -2.39. The van der Waals surface area contributed by atoms with Gasteiger partial charge in [-0.25, -0.2) is 9.50 Å². The van der Waals surface area contributed by atoms with Gasteiger partial charge in [-0.05, 0) is 45.6 Å². The van der Waals surface area contributed by atoms with Crippen molar-refractivity contribution in [2.24, 2.45) is 0 Å². The number of carbonyl (C=O) groups excluding carboxylic acids is 1. The minimum absolute atomic E-state index is 0.232. The number of hydrogen-bond donors (Lipinski definition) is 0. The number of unbranched alkanes of at least 4 members (excludes halogenated alkanes) is 1. The number of nitrogens with zero attached hydrogens (tertiary/aromatic N) is 5. The first-order chi connectivity index (χ1) is 11.5. The molecule has 0 radical (unpaired) electrons. The van der Waals surface area contributed by atoms with Crippen LogP contribution in [0.15, 0.2) is 6.33 Å². The van der Waals surface area contributed by atoms with E-state index in [0.29, 0.717) is 24.7 Å². The number of aryl methyl sites for hydroxylation is 2. The van der Waals surface area contributed by atoms with E-state index in [9.17, 15) is 4.79 Å². The molecule has 6 heteroatoms. The molecule has 0 aliphatic rings. The van der Waals surface area contributed by atoms with Gasteiger partial charge in [0.2, 0.25) is 5.91 Å². The number of hydrogen-bond acceptors (Lipinski definition) is 4. The average molecular weight is 331 g/mol. The zero-order valence-electron chi connectivity index (χ0n) is 15.5. The Balaban J connectivity index is 2.12. The van der Waals surface area contributed by atoms with Crippen molar-refractivity contribution in [3.05, 3.63) is 23.3 Å². The molecule has 0 saturated carbocycles. The molecule has 0 bridgehead atoms. The molecule has 1 atom stereocenters. The van der Waals surface area contributed by atoms with Crippen LogP contribution in [0.25, 0.3) is 5.78 Å². The van der Waals surface area contributed by atoms with E-state index in [1.165, 1.54) is 6.33 Å². The summed E-state index contributed by atoms with van der Waals surface area (Å²) in [6.07, 6.45) is 5.86. The summed E-state index contributed by atoms with van der Waals surface area (Å²) in [6.45, 7) is 11.3. The van der Waals surface area contributed by atoms with Gasteiger partial charge in [0.15, 0.2) is 0 Å². The van der Waals surface area contributed by atoms with E-state index in [2.05, 4.69) is 35.8 Å². The number of carbonyl (C=O) groups is 1. The van der Waals surface area contributed by atoms with Crippen LogP contribution in [0.4, 0.5) is 0 Å². The second kappa shape index (κ2) is 8.22. The molecule has 0 aliphatic heterocycles. The maximum absolute atomic E-state index is 12.7. The molecule has 1 unspecified atom stereocenters. The molecule has 0 fully saturated rings. The molecule has 1 amide bonds. The SMILES string of the molecule is CCCCN(C(=O)CCc1c(C)nc2ncnn2c1C)C(C)CC. The lowest BCUT2D eigenvalue weighted by atomic mass is 10.1. The Hall–Kier alpha value is -1.98. The number of rotatable bonds is 8. The fourth-order valence-electron chi connectivity index (χ4n) is 3.03. The van der Waals surface area contributed by atoms with Crippen molar-refractivity contribution in [3.63, 3.8) is 0 Å². The van der Waals surface area contributed by atoms with Gasteiger partial charge in [0.1, 0.15) is 6.33 Å². The van der Waals surface area contributed by atoms with Crippen molar-refractivity contribution in [1.29, 1.82) is 0 Å². The number of amides is 1. The van der Waals surface area contributed by atoms with Crippen molar-refractivity contribution >= 4 is 11.7 Å². The average Bonchev–Trinajstić information content (AvgIpc) is 3.03. The first-order valence-corrected chi connectivity index (χ1v) is 8.94. The highest BCUT2D eigenvalue weighted by molar-refractivity contribution is 5.76. The minimum atomic E-state index is 0.232. The second-order valence-electron chi connectivity index (χ2n) is 6.43. The Kier molecular flexibility index (Phi) is 6.29.